The van der Waals surface area contributed by atoms with E-state index < -0.39 is 0 Å². The molecule has 2 aromatic heterocycles. The van der Waals surface area contributed by atoms with Gasteiger partial charge in [0.05, 0.1) is 0 Å². The van der Waals surface area contributed by atoms with Crippen molar-refractivity contribution in [2.45, 2.75) is 6.92 Å². The summed E-state index contributed by atoms with van der Waals surface area (Å²) in [5, 5.41) is 6.28. The number of aromatic nitrogens is 3. The quantitative estimate of drug-likeness (QED) is 0.642. The largest absolute Gasteiger partial charge is 0.393 e. The van der Waals surface area contributed by atoms with Gasteiger partial charge in [0.25, 0.3) is 0 Å². The van der Waals surface area contributed by atoms with Crippen LogP contribution in [-0.2, 0) is 0 Å². The second-order valence-corrected chi connectivity index (χ2v) is 5.88. The molecule has 0 aliphatic rings. The first-order chi connectivity index (χ1) is 11.1. The summed E-state index contributed by atoms with van der Waals surface area (Å²) in [7, 11) is 0. The van der Waals surface area contributed by atoms with Crippen molar-refractivity contribution in [1.29, 1.82) is 0 Å². The molecule has 0 fully saturated rings. The van der Waals surface area contributed by atoms with Crippen molar-refractivity contribution in [3.8, 4) is 0 Å². The standard InChI is InChI=1S/C16H15BrN6/c1-10-5-6-13(19-8-10)23-16-14(18)15(20-9-21-16)22-12-4-2-3-11(17)7-12/h2-9H,18H2,1H3,(H2,19,20,21,22,23). The number of benzene rings is 1. The van der Waals surface area contributed by atoms with Crippen LogP contribution in [0.15, 0.2) is 53.4 Å². The molecule has 1 aromatic carbocycles. The van der Waals surface area contributed by atoms with Gasteiger partial charge in [-0.2, -0.15) is 0 Å². The van der Waals surface area contributed by atoms with Crippen LogP contribution >= 0.6 is 15.9 Å². The average Bonchev–Trinajstić information content (AvgIpc) is 2.53. The highest BCUT2D eigenvalue weighted by molar-refractivity contribution is 9.10. The Morgan fingerprint density at radius 2 is 1.78 bits per heavy atom. The fraction of sp³-hybridized carbons (Fsp3) is 0.0625. The molecule has 0 saturated carbocycles. The lowest BCUT2D eigenvalue weighted by atomic mass is 10.3. The Hall–Kier alpha value is -2.67. The molecule has 0 atom stereocenters. The van der Waals surface area contributed by atoms with Crippen LogP contribution in [0.5, 0.6) is 0 Å². The molecular weight excluding hydrogens is 356 g/mol. The van der Waals surface area contributed by atoms with E-state index >= 15 is 0 Å². The maximum Gasteiger partial charge on any atom is 0.160 e. The lowest BCUT2D eigenvalue weighted by Crippen LogP contribution is -2.05. The van der Waals surface area contributed by atoms with Gasteiger partial charge in [0.1, 0.15) is 17.8 Å². The molecule has 0 amide bonds. The van der Waals surface area contributed by atoms with E-state index in [1.165, 1.54) is 6.33 Å². The minimum atomic E-state index is 0.426. The molecule has 0 radical (unpaired) electrons. The Balaban J connectivity index is 1.84. The normalized spacial score (nSPS) is 10.3. The van der Waals surface area contributed by atoms with E-state index in [1.807, 2.05) is 43.3 Å². The number of anilines is 5. The maximum absolute atomic E-state index is 6.16. The first-order valence-electron chi connectivity index (χ1n) is 6.94. The fourth-order valence-corrected chi connectivity index (χ4v) is 2.36. The maximum atomic E-state index is 6.16. The highest BCUT2D eigenvalue weighted by Gasteiger charge is 2.09. The van der Waals surface area contributed by atoms with Crippen LogP contribution < -0.4 is 16.4 Å². The van der Waals surface area contributed by atoms with E-state index in [0.29, 0.717) is 23.1 Å². The molecular formula is C16H15BrN6. The first kappa shape index (κ1) is 15.2. The number of nitrogens with one attached hydrogen (secondary N) is 2. The van der Waals surface area contributed by atoms with Crippen molar-refractivity contribution >= 4 is 44.8 Å². The van der Waals surface area contributed by atoms with Crippen molar-refractivity contribution in [1.82, 2.24) is 15.0 Å². The Kier molecular flexibility index (Phi) is 4.38. The van der Waals surface area contributed by atoms with Crippen LogP contribution in [0.25, 0.3) is 0 Å². The van der Waals surface area contributed by atoms with Crippen LogP contribution in [0.4, 0.5) is 28.8 Å². The molecule has 7 heteroatoms. The number of aryl methyl sites for hydroxylation is 1. The lowest BCUT2D eigenvalue weighted by Gasteiger charge is -2.12. The topological polar surface area (TPSA) is 88.8 Å². The van der Waals surface area contributed by atoms with Crippen molar-refractivity contribution in [3.63, 3.8) is 0 Å². The molecule has 23 heavy (non-hydrogen) atoms. The number of hydrogen-bond acceptors (Lipinski definition) is 6. The zero-order valence-corrected chi connectivity index (χ0v) is 14.0. The molecule has 2 heterocycles. The third kappa shape index (κ3) is 3.75. The van der Waals surface area contributed by atoms with Gasteiger partial charge in [-0.05, 0) is 36.8 Å². The van der Waals surface area contributed by atoms with Crippen molar-refractivity contribution < 1.29 is 0 Å². The summed E-state index contributed by atoms with van der Waals surface area (Å²) >= 11 is 3.43. The fourth-order valence-electron chi connectivity index (χ4n) is 1.96. The highest BCUT2D eigenvalue weighted by atomic mass is 79.9. The van der Waals surface area contributed by atoms with E-state index in [2.05, 4.69) is 41.5 Å². The Labute approximate surface area is 142 Å². The van der Waals surface area contributed by atoms with Crippen LogP contribution in [-0.4, -0.2) is 15.0 Å². The number of rotatable bonds is 4. The number of hydrogen-bond donors (Lipinski definition) is 3. The first-order valence-corrected chi connectivity index (χ1v) is 7.74. The third-order valence-corrected chi connectivity index (χ3v) is 3.62. The van der Waals surface area contributed by atoms with Gasteiger partial charge in [-0.1, -0.05) is 28.1 Å². The predicted octanol–water partition coefficient (Wildman–Crippen LogP) is 4.01. The minimum absolute atomic E-state index is 0.426. The number of nitrogens with zero attached hydrogens (tertiary/aromatic N) is 3. The molecule has 0 saturated heterocycles. The van der Waals surface area contributed by atoms with Gasteiger partial charge in [-0.25, -0.2) is 15.0 Å². The summed E-state index contributed by atoms with van der Waals surface area (Å²) in [5.41, 5.74) is 8.55. The molecule has 4 N–H and O–H groups in total. The van der Waals surface area contributed by atoms with E-state index in [1.54, 1.807) is 6.20 Å². The molecule has 116 valence electrons. The van der Waals surface area contributed by atoms with E-state index in [-0.39, 0.29) is 0 Å². The second kappa shape index (κ2) is 6.62. The Bertz CT molecular complexity index is 819. The zero-order chi connectivity index (χ0) is 16.2. The van der Waals surface area contributed by atoms with Crippen LogP contribution in [0, 0.1) is 6.92 Å². The van der Waals surface area contributed by atoms with E-state index in [4.69, 9.17) is 5.73 Å². The van der Waals surface area contributed by atoms with Crippen LogP contribution in [0.2, 0.25) is 0 Å². The Morgan fingerprint density at radius 1 is 1.00 bits per heavy atom. The second-order valence-electron chi connectivity index (χ2n) is 4.97. The lowest BCUT2D eigenvalue weighted by molar-refractivity contribution is 1.16. The van der Waals surface area contributed by atoms with Gasteiger partial charge < -0.3 is 16.4 Å². The van der Waals surface area contributed by atoms with Gasteiger partial charge in [0, 0.05) is 16.4 Å². The van der Waals surface area contributed by atoms with Crippen LogP contribution in [0.3, 0.4) is 0 Å². The van der Waals surface area contributed by atoms with Gasteiger partial charge >= 0.3 is 0 Å². The predicted molar refractivity (Wildman–Crippen MR) is 96.1 cm³/mol. The van der Waals surface area contributed by atoms with Crippen molar-refractivity contribution in [2.24, 2.45) is 0 Å². The zero-order valence-electron chi connectivity index (χ0n) is 12.4. The molecule has 0 unspecified atom stereocenters. The van der Waals surface area contributed by atoms with Gasteiger partial charge in [-0.15, -0.1) is 0 Å². The molecule has 6 nitrogen and oxygen atoms in total. The summed E-state index contributed by atoms with van der Waals surface area (Å²) < 4.78 is 0.970. The van der Waals surface area contributed by atoms with Gasteiger partial charge in [-0.3, -0.25) is 0 Å². The smallest absolute Gasteiger partial charge is 0.160 e. The van der Waals surface area contributed by atoms with Gasteiger partial charge in [0.15, 0.2) is 11.6 Å². The number of nitrogen functional groups attached to an aromatic ring is 1. The SMILES string of the molecule is Cc1ccc(Nc2ncnc(Nc3cccc(Br)c3)c2N)nc1. The summed E-state index contributed by atoms with van der Waals surface area (Å²) in [6.45, 7) is 1.98. The molecule has 3 rings (SSSR count). The molecule has 0 aliphatic carbocycles. The van der Waals surface area contributed by atoms with Crippen LogP contribution in [0.1, 0.15) is 5.56 Å². The van der Waals surface area contributed by atoms with E-state index in [9.17, 15) is 0 Å². The number of pyridine rings is 1. The minimum Gasteiger partial charge on any atom is -0.393 e. The summed E-state index contributed by atoms with van der Waals surface area (Å²) in [4.78, 5) is 12.7. The van der Waals surface area contributed by atoms with Crippen molar-refractivity contribution in [3.05, 3.63) is 59.0 Å². The molecule has 0 aliphatic heterocycles. The summed E-state index contributed by atoms with van der Waals surface area (Å²) in [6, 6.07) is 11.6. The average molecular weight is 371 g/mol. The third-order valence-electron chi connectivity index (χ3n) is 3.13. The monoisotopic (exact) mass is 370 g/mol. The summed E-state index contributed by atoms with van der Waals surface area (Å²) in [5.74, 6) is 1.72. The molecule has 0 bridgehead atoms. The number of nitrogens with two attached hydrogens (primary N) is 1. The van der Waals surface area contributed by atoms with Crippen molar-refractivity contribution in [2.75, 3.05) is 16.4 Å². The molecule has 3 aromatic rings. The highest BCUT2D eigenvalue weighted by Crippen LogP contribution is 2.28. The van der Waals surface area contributed by atoms with E-state index in [0.717, 1.165) is 15.7 Å². The Morgan fingerprint density at radius 3 is 2.48 bits per heavy atom. The number of halogens is 1. The summed E-state index contributed by atoms with van der Waals surface area (Å²) in [6.07, 6.45) is 3.23. The molecule has 0 spiro atoms. The van der Waals surface area contributed by atoms with Gasteiger partial charge in [0.2, 0.25) is 0 Å².